The van der Waals surface area contributed by atoms with Crippen molar-refractivity contribution < 1.29 is 19.4 Å². The van der Waals surface area contributed by atoms with Gasteiger partial charge in [-0.2, -0.15) is 0 Å². The summed E-state index contributed by atoms with van der Waals surface area (Å²) in [5.74, 6) is -0.860. The van der Waals surface area contributed by atoms with Crippen LogP contribution < -0.4 is 10.1 Å². The zero-order valence-electron chi connectivity index (χ0n) is 11.2. The number of thiazole rings is 1. The van der Waals surface area contributed by atoms with Crippen LogP contribution in [0.4, 0.5) is 0 Å². The topological polar surface area (TPSA) is 101 Å². The smallest absolute Gasteiger partial charge is 0.355 e. The molecule has 0 atom stereocenters. The van der Waals surface area contributed by atoms with Crippen molar-refractivity contribution in [3.8, 4) is 5.88 Å². The normalized spacial score (nSPS) is 10.1. The standard InChI is InChI=1S/C13H13N3O4S/c1-20-10-3-2-8(6-15-10)12(17)14-5-4-11-16-9(7-21-11)13(18)19/h2-3,6-7H,4-5H2,1H3,(H,14,17)(H,18,19). The lowest BCUT2D eigenvalue weighted by molar-refractivity contribution is 0.0690. The van der Waals surface area contributed by atoms with Crippen LogP contribution in [-0.4, -0.2) is 40.6 Å². The Hall–Kier alpha value is -2.48. The first-order valence-electron chi connectivity index (χ1n) is 6.06. The highest BCUT2D eigenvalue weighted by molar-refractivity contribution is 7.09. The lowest BCUT2D eigenvalue weighted by atomic mass is 10.2. The molecule has 8 heteroatoms. The molecule has 0 aliphatic heterocycles. The van der Waals surface area contributed by atoms with E-state index in [4.69, 9.17) is 9.84 Å². The minimum absolute atomic E-state index is 0.0284. The van der Waals surface area contributed by atoms with Crippen LogP contribution in [-0.2, 0) is 6.42 Å². The number of ether oxygens (including phenoxy) is 1. The quantitative estimate of drug-likeness (QED) is 0.832. The van der Waals surface area contributed by atoms with E-state index in [2.05, 4.69) is 15.3 Å². The van der Waals surface area contributed by atoms with E-state index < -0.39 is 5.97 Å². The van der Waals surface area contributed by atoms with E-state index in [1.807, 2.05) is 0 Å². The first-order chi connectivity index (χ1) is 10.1. The van der Waals surface area contributed by atoms with Crippen LogP contribution in [0.3, 0.4) is 0 Å². The highest BCUT2D eigenvalue weighted by atomic mass is 32.1. The second-order valence-corrected chi connectivity index (χ2v) is 4.97. The van der Waals surface area contributed by atoms with E-state index in [1.165, 1.54) is 30.0 Å². The number of hydrogen-bond donors (Lipinski definition) is 2. The maximum atomic E-state index is 11.8. The Balaban J connectivity index is 1.84. The number of nitrogens with one attached hydrogen (secondary N) is 1. The lowest BCUT2D eigenvalue weighted by Crippen LogP contribution is -2.25. The molecule has 0 saturated carbocycles. The average Bonchev–Trinajstić information content (AvgIpc) is 2.96. The number of carbonyl (C=O) groups is 2. The molecule has 0 aliphatic rings. The summed E-state index contributed by atoms with van der Waals surface area (Å²) in [6, 6.07) is 3.22. The Morgan fingerprint density at radius 2 is 2.24 bits per heavy atom. The third-order valence-corrected chi connectivity index (χ3v) is 3.51. The van der Waals surface area contributed by atoms with Crippen molar-refractivity contribution in [2.75, 3.05) is 13.7 Å². The number of carboxylic acids is 1. The highest BCUT2D eigenvalue weighted by Crippen LogP contribution is 2.10. The predicted molar refractivity (Wildman–Crippen MR) is 75.9 cm³/mol. The van der Waals surface area contributed by atoms with E-state index in [0.717, 1.165) is 0 Å². The number of carbonyl (C=O) groups excluding carboxylic acids is 1. The summed E-state index contributed by atoms with van der Waals surface area (Å²) in [6.07, 6.45) is 1.91. The van der Waals surface area contributed by atoms with E-state index in [-0.39, 0.29) is 11.6 Å². The van der Waals surface area contributed by atoms with Crippen molar-refractivity contribution in [2.45, 2.75) is 6.42 Å². The van der Waals surface area contributed by atoms with Crippen molar-refractivity contribution in [1.29, 1.82) is 0 Å². The molecule has 0 bridgehead atoms. The Morgan fingerprint density at radius 3 is 2.81 bits per heavy atom. The Kier molecular flexibility index (Phi) is 4.83. The molecule has 2 heterocycles. The number of nitrogens with zero attached hydrogens (tertiary/aromatic N) is 2. The number of carboxylic acid groups (broad SMARTS) is 1. The molecule has 2 N–H and O–H groups in total. The third kappa shape index (κ3) is 3.99. The Bertz CT molecular complexity index is 639. The fourth-order valence-electron chi connectivity index (χ4n) is 1.54. The summed E-state index contributed by atoms with van der Waals surface area (Å²) in [6.45, 7) is 0.372. The molecule has 0 aromatic carbocycles. The number of amides is 1. The first-order valence-corrected chi connectivity index (χ1v) is 6.94. The number of methoxy groups -OCH3 is 1. The van der Waals surface area contributed by atoms with E-state index in [0.29, 0.717) is 29.4 Å². The van der Waals surface area contributed by atoms with Gasteiger partial charge in [-0.05, 0) is 6.07 Å². The van der Waals surface area contributed by atoms with E-state index in [9.17, 15) is 9.59 Å². The lowest BCUT2D eigenvalue weighted by Gasteiger charge is -2.04. The first kappa shape index (κ1) is 14.9. The van der Waals surface area contributed by atoms with Crippen LogP contribution >= 0.6 is 11.3 Å². The highest BCUT2D eigenvalue weighted by Gasteiger charge is 2.09. The molecule has 0 aliphatic carbocycles. The van der Waals surface area contributed by atoms with Crippen LogP contribution in [0.15, 0.2) is 23.7 Å². The molecule has 7 nitrogen and oxygen atoms in total. The van der Waals surface area contributed by atoms with Gasteiger partial charge in [0, 0.05) is 30.6 Å². The summed E-state index contributed by atoms with van der Waals surface area (Å²) in [5, 5.41) is 13.6. The number of aromatic nitrogens is 2. The van der Waals surface area contributed by atoms with Gasteiger partial charge in [-0.15, -0.1) is 11.3 Å². The molecule has 2 aromatic rings. The van der Waals surface area contributed by atoms with Gasteiger partial charge in [0.1, 0.15) is 0 Å². The summed E-state index contributed by atoms with van der Waals surface area (Å²) < 4.78 is 4.91. The van der Waals surface area contributed by atoms with Gasteiger partial charge in [-0.1, -0.05) is 0 Å². The summed E-state index contributed by atoms with van der Waals surface area (Å²) in [5.41, 5.74) is 0.460. The molecule has 0 unspecified atom stereocenters. The van der Waals surface area contributed by atoms with Crippen molar-refractivity contribution in [3.05, 3.63) is 40.0 Å². The molecule has 2 rings (SSSR count). The van der Waals surface area contributed by atoms with Crippen molar-refractivity contribution in [2.24, 2.45) is 0 Å². The SMILES string of the molecule is COc1ccc(C(=O)NCCc2nc(C(=O)O)cs2)cn1. The second-order valence-electron chi connectivity index (χ2n) is 4.03. The van der Waals surface area contributed by atoms with Crippen molar-refractivity contribution in [3.63, 3.8) is 0 Å². The number of pyridine rings is 1. The molecule has 110 valence electrons. The van der Waals surface area contributed by atoms with Gasteiger partial charge in [0.15, 0.2) is 5.69 Å². The minimum atomic E-state index is -1.05. The van der Waals surface area contributed by atoms with Crippen molar-refractivity contribution >= 4 is 23.2 Å². The maximum absolute atomic E-state index is 11.8. The van der Waals surface area contributed by atoms with E-state index >= 15 is 0 Å². The van der Waals surface area contributed by atoms with Crippen LogP contribution in [0, 0.1) is 0 Å². The fourth-order valence-corrected chi connectivity index (χ4v) is 2.32. The second kappa shape index (κ2) is 6.80. The predicted octanol–water partition coefficient (Wildman–Crippen LogP) is 1.22. The molecular weight excluding hydrogens is 294 g/mol. The molecule has 0 fully saturated rings. The van der Waals surface area contributed by atoms with Gasteiger partial charge >= 0.3 is 5.97 Å². The Labute approximate surface area is 124 Å². The van der Waals surface area contributed by atoms with Gasteiger partial charge < -0.3 is 15.2 Å². The summed E-state index contributed by atoms with van der Waals surface area (Å²) in [4.78, 5) is 30.4. The molecule has 0 saturated heterocycles. The summed E-state index contributed by atoms with van der Waals surface area (Å²) in [7, 11) is 1.50. The van der Waals surface area contributed by atoms with Gasteiger partial charge in [0.2, 0.25) is 5.88 Å². The molecular formula is C13H13N3O4S. The average molecular weight is 307 g/mol. The fraction of sp³-hybridized carbons (Fsp3) is 0.231. The zero-order valence-corrected chi connectivity index (χ0v) is 12.0. The number of rotatable bonds is 6. The molecule has 0 radical (unpaired) electrons. The number of hydrogen-bond acceptors (Lipinski definition) is 6. The van der Waals surface area contributed by atoms with Gasteiger partial charge in [0.05, 0.1) is 17.7 Å². The molecule has 1 amide bonds. The van der Waals surface area contributed by atoms with Crippen LogP contribution in [0.5, 0.6) is 5.88 Å². The molecule has 0 spiro atoms. The van der Waals surface area contributed by atoms with Gasteiger partial charge in [0.25, 0.3) is 5.91 Å². The van der Waals surface area contributed by atoms with Gasteiger partial charge in [-0.25, -0.2) is 14.8 Å². The third-order valence-electron chi connectivity index (χ3n) is 2.60. The largest absolute Gasteiger partial charge is 0.481 e. The summed E-state index contributed by atoms with van der Waals surface area (Å²) >= 11 is 1.26. The molecule has 21 heavy (non-hydrogen) atoms. The molecule has 2 aromatic heterocycles. The Morgan fingerprint density at radius 1 is 1.43 bits per heavy atom. The van der Waals surface area contributed by atoms with Gasteiger partial charge in [-0.3, -0.25) is 4.79 Å². The monoisotopic (exact) mass is 307 g/mol. The van der Waals surface area contributed by atoms with Crippen LogP contribution in [0.25, 0.3) is 0 Å². The number of aromatic carboxylic acids is 1. The van der Waals surface area contributed by atoms with E-state index in [1.54, 1.807) is 12.1 Å². The minimum Gasteiger partial charge on any atom is -0.481 e. The van der Waals surface area contributed by atoms with Crippen LogP contribution in [0.2, 0.25) is 0 Å². The zero-order chi connectivity index (χ0) is 15.2. The van der Waals surface area contributed by atoms with Crippen LogP contribution in [0.1, 0.15) is 25.9 Å². The van der Waals surface area contributed by atoms with Crippen molar-refractivity contribution in [1.82, 2.24) is 15.3 Å². The maximum Gasteiger partial charge on any atom is 0.355 e.